The van der Waals surface area contributed by atoms with Crippen molar-refractivity contribution >= 4 is 23.0 Å². The Balaban J connectivity index is 1.50. The Morgan fingerprint density at radius 2 is 1.96 bits per heavy atom. The quantitative estimate of drug-likeness (QED) is 0.567. The molecule has 0 aliphatic carbocycles. The third kappa shape index (κ3) is 3.41. The third-order valence-corrected chi connectivity index (χ3v) is 4.59. The number of carbonyl (C=O) groups is 2. The molecule has 144 valence electrons. The number of aromatic amines is 1. The maximum absolute atomic E-state index is 12.8. The minimum atomic E-state index is -0.744. The molecule has 3 amide bonds. The van der Waals surface area contributed by atoms with E-state index in [2.05, 4.69) is 15.3 Å². The SMILES string of the molecule is Cc1ccc2nc(CN3C(=O)N[C@H](c4ccc(OCCO)cc4)C3=O)[nH]c2c1. The van der Waals surface area contributed by atoms with E-state index in [4.69, 9.17) is 9.84 Å². The van der Waals surface area contributed by atoms with Crippen LogP contribution in [0.5, 0.6) is 5.75 Å². The summed E-state index contributed by atoms with van der Waals surface area (Å²) in [6.45, 7) is 2.19. The van der Waals surface area contributed by atoms with Gasteiger partial charge in [0.2, 0.25) is 0 Å². The number of nitrogens with zero attached hydrogens (tertiary/aromatic N) is 2. The summed E-state index contributed by atoms with van der Waals surface area (Å²) in [5.41, 5.74) is 3.43. The van der Waals surface area contributed by atoms with Gasteiger partial charge in [0.1, 0.15) is 24.2 Å². The number of hydrogen-bond acceptors (Lipinski definition) is 5. The molecule has 4 rings (SSSR count). The van der Waals surface area contributed by atoms with Crippen molar-refractivity contribution in [1.82, 2.24) is 20.2 Å². The molecule has 28 heavy (non-hydrogen) atoms. The number of aliphatic hydroxyl groups excluding tert-OH is 1. The average Bonchev–Trinajstić information content (AvgIpc) is 3.21. The Hall–Kier alpha value is -3.39. The molecular formula is C20H20N4O4. The van der Waals surface area contributed by atoms with Crippen LogP contribution in [0.4, 0.5) is 4.79 Å². The summed E-state index contributed by atoms with van der Waals surface area (Å²) < 4.78 is 5.31. The highest BCUT2D eigenvalue weighted by atomic mass is 16.5. The fourth-order valence-corrected chi connectivity index (χ4v) is 3.22. The maximum atomic E-state index is 12.8. The molecule has 8 heteroatoms. The van der Waals surface area contributed by atoms with Gasteiger partial charge in [0.25, 0.3) is 5.91 Å². The number of hydrogen-bond donors (Lipinski definition) is 3. The number of amides is 3. The van der Waals surface area contributed by atoms with Crippen molar-refractivity contribution in [3.63, 3.8) is 0 Å². The summed E-state index contributed by atoms with van der Waals surface area (Å²) in [6, 6.07) is 11.5. The van der Waals surface area contributed by atoms with Crippen LogP contribution < -0.4 is 10.1 Å². The van der Waals surface area contributed by atoms with E-state index in [0.29, 0.717) is 17.1 Å². The minimum Gasteiger partial charge on any atom is -0.491 e. The first-order chi connectivity index (χ1) is 13.5. The van der Waals surface area contributed by atoms with Crippen LogP contribution >= 0.6 is 0 Å². The highest BCUT2D eigenvalue weighted by molar-refractivity contribution is 6.04. The first-order valence-electron chi connectivity index (χ1n) is 8.96. The van der Waals surface area contributed by atoms with E-state index in [1.165, 1.54) is 0 Å². The van der Waals surface area contributed by atoms with Crippen LogP contribution in [-0.4, -0.2) is 45.1 Å². The number of urea groups is 1. The first kappa shape index (κ1) is 18.0. The van der Waals surface area contributed by atoms with E-state index in [0.717, 1.165) is 21.5 Å². The molecular weight excluding hydrogens is 360 g/mol. The van der Waals surface area contributed by atoms with E-state index < -0.39 is 12.1 Å². The van der Waals surface area contributed by atoms with Gasteiger partial charge in [-0.25, -0.2) is 9.78 Å². The second-order valence-corrected chi connectivity index (χ2v) is 6.65. The lowest BCUT2D eigenvalue weighted by molar-refractivity contribution is -0.128. The lowest BCUT2D eigenvalue weighted by atomic mass is 10.1. The van der Waals surface area contributed by atoms with Gasteiger partial charge in [-0.3, -0.25) is 9.69 Å². The lowest BCUT2D eigenvalue weighted by Crippen LogP contribution is -2.30. The molecule has 0 unspecified atom stereocenters. The highest BCUT2D eigenvalue weighted by Crippen LogP contribution is 2.25. The van der Waals surface area contributed by atoms with E-state index in [-0.39, 0.29) is 25.7 Å². The van der Waals surface area contributed by atoms with Crippen LogP contribution in [0.1, 0.15) is 23.0 Å². The van der Waals surface area contributed by atoms with Gasteiger partial charge in [0.05, 0.1) is 24.2 Å². The first-order valence-corrected chi connectivity index (χ1v) is 8.96. The number of ether oxygens (including phenoxy) is 1. The summed E-state index contributed by atoms with van der Waals surface area (Å²) in [5.74, 6) is 0.812. The number of fused-ring (bicyclic) bond motifs is 1. The Morgan fingerprint density at radius 1 is 1.18 bits per heavy atom. The Labute approximate surface area is 161 Å². The second kappa shape index (κ2) is 7.32. The summed E-state index contributed by atoms with van der Waals surface area (Å²) in [4.78, 5) is 33.9. The number of aryl methyl sites for hydroxylation is 1. The Kier molecular flexibility index (Phi) is 4.70. The van der Waals surface area contributed by atoms with Gasteiger partial charge in [-0.2, -0.15) is 0 Å². The molecule has 1 aliphatic heterocycles. The maximum Gasteiger partial charge on any atom is 0.325 e. The van der Waals surface area contributed by atoms with E-state index in [9.17, 15) is 9.59 Å². The summed E-state index contributed by atoms with van der Waals surface area (Å²) in [6.07, 6.45) is 0. The molecule has 0 saturated carbocycles. The fourth-order valence-electron chi connectivity index (χ4n) is 3.22. The molecule has 0 radical (unpaired) electrons. The molecule has 1 fully saturated rings. The van der Waals surface area contributed by atoms with Crippen LogP contribution in [0.25, 0.3) is 11.0 Å². The average molecular weight is 380 g/mol. The summed E-state index contributed by atoms with van der Waals surface area (Å²) in [7, 11) is 0. The molecule has 3 N–H and O–H groups in total. The van der Waals surface area contributed by atoms with Gasteiger partial charge >= 0.3 is 6.03 Å². The third-order valence-electron chi connectivity index (χ3n) is 4.59. The molecule has 1 aromatic heterocycles. The Bertz CT molecular complexity index is 1030. The van der Waals surface area contributed by atoms with Gasteiger partial charge in [-0.1, -0.05) is 18.2 Å². The number of benzene rings is 2. The number of imide groups is 1. The normalized spacial score (nSPS) is 16.6. The number of aromatic nitrogens is 2. The largest absolute Gasteiger partial charge is 0.491 e. The van der Waals surface area contributed by atoms with Crippen molar-refractivity contribution in [2.45, 2.75) is 19.5 Å². The van der Waals surface area contributed by atoms with Crippen molar-refractivity contribution in [2.75, 3.05) is 13.2 Å². The zero-order valence-electron chi connectivity index (χ0n) is 15.3. The predicted molar refractivity (Wildman–Crippen MR) is 102 cm³/mol. The Morgan fingerprint density at radius 3 is 2.71 bits per heavy atom. The van der Waals surface area contributed by atoms with Gasteiger partial charge in [-0.15, -0.1) is 0 Å². The number of aliphatic hydroxyl groups is 1. The molecule has 1 aliphatic rings. The number of imidazole rings is 1. The molecule has 1 atom stereocenters. The van der Waals surface area contributed by atoms with Gasteiger partial charge in [0, 0.05) is 0 Å². The van der Waals surface area contributed by atoms with Gasteiger partial charge < -0.3 is 20.1 Å². The molecule has 1 saturated heterocycles. The molecule has 2 aromatic carbocycles. The number of H-pyrrole nitrogens is 1. The molecule has 2 heterocycles. The van der Waals surface area contributed by atoms with Crippen LogP contribution in [0.2, 0.25) is 0 Å². The molecule has 0 bridgehead atoms. The van der Waals surface area contributed by atoms with Crippen molar-refractivity contribution in [1.29, 1.82) is 0 Å². The number of carbonyl (C=O) groups excluding carboxylic acids is 2. The zero-order chi connectivity index (χ0) is 19.7. The topological polar surface area (TPSA) is 108 Å². The van der Waals surface area contributed by atoms with Crippen molar-refractivity contribution in [2.24, 2.45) is 0 Å². The second-order valence-electron chi connectivity index (χ2n) is 6.65. The summed E-state index contributed by atoms with van der Waals surface area (Å²) in [5, 5.41) is 11.5. The molecule has 0 spiro atoms. The smallest absolute Gasteiger partial charge is 0.325 e. The summed E-state index contributed by atoms with van der Waals surface area (Å²) >= 11 is 0. The minimum absolute atomic E-state index is 0.0742. The lowest BCUT2D eigenvalue weighted by Gasteiger charge is -2.12. The van der Waals surface area contributed by atoms with Crippen LogP contribution in [-0.2, 0) is 11.3 Å². The standard InChI is InChI=1S/C20H20N4O4/c1-12-2-7-15-16(10-12)22-17(21-15)11-24-19(26)18(23-20(24)27)13-3-5-14(6-4-13)28-9-8-25/h2-7,10,18,25H,8-9,11H2,1H3,(H,21,22)(H,23,27)/t18-/m1/s1. The number of rotatable bonds is 6. The van der Waals surface area contributed by atoms with E-state index in [1.807, 2.05) is 25.1 Å². The van der Waals surface area contributed by atoms with Crippen LogP contribution in [0, 0.1) is 6.92 Å². The van der Waals surface area contributed by atoms with Gasteiger partial charge in [-0.05, 0) is 42.3 Å². The van der Waals surface area contributed by atoms with E-state index >= 15 is 0 Å². The van der Waals surface area contributed by atoms with Gasteiger partial charge in [0.15, 0.2) is 0 Å². The monoisotopic (exact) mass is 380 g/mol. The highest BCUT2D eigenvalue weighted by Gasteiger charge is 2.39. The fraction of sp³-hybridized carbons (Fsp3) is 0.250. The van der Waals surface area contributed by atoms with Crippen molar-refractivity contribution in [3.05, 3.63) is 59.4 Å². The number of nitrogens with one attached hydrogen (secondary N) is 2. The van der Waals surface area contributed by atoms with Crippen LogP contribution in [0.15, 0.2) is 42.5 Å². The van der Waals surface area contributed by atoms with Crippen molar-refractivity contribution in [3.8, 4) is 5.75 Å². The van der Waals surface area contributed by atoms with E-state index in [1.54, 1.807) is 24.3 Å². The molecule has 3 aromatic rings. The van der Waals surface area contributed by atoms with Crippen molar-refractivity contribution < 1.29 is 19.4 Å². The van der Waals surface area contributed by atoms with Crippen LogP contribution in [0.3, 0.4) is 0 Å². The molecule has 8 nitrogen and oxygen atoms in total. The zero-order valence-corrected chi connectivity index (χ0v) is 15.3. The predicted octanol–water partition coefficient (Wildman–Crippen LogP) is 2.04.